The number of carbonyl (C=O) groups is 1. The summed E-state index contributed by atoms with van der Waals surface area (Å²) >= 11 is 0. The van der Waals surface area contributed by atoms with Crippen molar-refractivity contribution in [3.63, 3.8) is 0 Å². The molecule has 1 N–H and O–H groups in total. The van der Waals surface area contributed by atoms with Gasteiger partial charge in [0, 0.05) is 24.2 Å². The predicted molar refractivity (Wildman–Crippen MR) is 116 cm³/mol. The average molecular weight is 393 g/mol. The number of nitrogens with one attached hydrogen (secondary N) is 1. The van der Waals surface area contributed by atoms with E-state index in [0.29, 0.717) is 19.5 Å². The zero-order valence-electron chi connectivity index (χ0n) is 16.9. The number of carbonyl (C=O) groups excluding carboxylic acids is 1. The van der Waals surface area contributed by atoms with Crippen molar-refractivity contribution in [2.24, 2.45) is 5.16 Å². The van der Waals surface area contributed by atoms with Gasteiger partial charge in [0.2, 0.25) is 0 Å². The Kier molecular flexibility index (Phi) is 6.89. The molecule has 1 aliphatic rings. The Balaban J connectivity index is 1.63. The van der Waals surface area contributed by atoms with Crippen LogP contribution in [0.4, 0.5) is 10.5 Å². The van der Waals surface area contributed by atoms with Gasteiger partial charge in [0.05, 0.1) is 19.4 Å². The first-order chi connectivity index (χ1) is 14.1. The number of methoxy groups -OCH3 is 1. The van der Waals surface area contributed by atoms with Gasteiger partial charge in [-0.1, -0.05) is 42.4 Å². The molecule has 1 atom stereocenters. The van der Waals surface area contributed by atoms with E-state index in [0.717, 1.165) is 29.1 Å². The first-order valence-electron chi connectivity index (χ1n) is 9.76. The first kappa shape index (κ1) is 20.5. The highest BCUT2D eigenvalue weighted by Crippen LogP contribution is 2.25. The van der Waals surface area contributed by atoms with E-state index in [1.165, 1.54) is 5.56 Å². The fourth-order valence-electron chi connectivity index (χ4n) is 3.28. The van der Waals surface area contributed by atoms with Crippen LogP contribution >= 0.6 is 0 Å². The summed E-state index contributed by atoms with van der Waals surface area (Å²) in [6.45, 7) is 6.68. The first-order valence-corrected chi connectivity index (χ1v) is 9.76. The number of amides is 2. The van der Waals surface area contributed by atoms with Crippen molar-refractivity contribution in [1.29, 1.82) is 0 Å². The van der Waals surface area contributed by atoms with Gasteiger partial charge >= 0.3 is 6.03 Å². The smallest absolute Gasteiger partial charge is 0.322 e. The summed E-state index contributed by atoms with van der Waals surface area (Å²) in [7, 11) is 1.64. The second kappa shape index (κ2) is 9.78. The number of para-hydroxylation sites is 1. The number of nitrogens with zero attached hydrogens (tertiary/aromatic N) is 2. The van der Waals surface area contributed by atoms with Crippen molar-refractivity contribution in [2.45, 2.75) is 25.9 Å². The zero-order valence-corrected chi connectivity index (χ0v) is 16.9. The van der Waals surface area contributed by atoms with Crippen LogP contribution in [0.5, 0.6) is 5.75 Å². The normalized spacial score (nSPS) is 15.2. The predicted octanol–water partition coefficient (Wildman–Crippen LogP) is 4.47. The van der Waals surface area contributed by atoms with E-state index in [-0.39, 0.29) is 12.1 Å². The van der Waals surface area contributed by atoms with Crippen LogP contribution in [-0.2, 0) is 11.3 Å². The van der Waals surface area contributed by atoms with E-state index < -0.39 is 0 Å². The van der Waals surface area contributed by atoms with E-state index in [1.54, 1.807) is 18.1 Å². The second-order valence-corrected chi connectivity index (χ2v) is 6.85. The average Bonchev–Trinajstić information content (AvgIpc) is 3.22. The van der Waals surface area contributed by atoms with Gasteiger partial charge < -0.3 is 19.8 Å². The fraction of sp³-hybridized carbons (Fsp3) is 0.304. The van der Waals surface area contributed by atoms with E-state index in [2.05, 4.69) is 24.0 Å². The summed E-state index contributed by atoms with van der Waals surface area (Å²) in [6.07, 6.45) is 3.01. The molecule has 3 rings (SSSR count). The monoisotopic (exact) mass is 393 g/mol. The van der Waals surface area contributed by atoms with Crippen molar-refractivity contribution in [3.8, 4) is 5.75 Å². The van der Waals surface area contributed by atoms with Gasteiger partial charge in [0.25, 0.3) is 0 Å². The number of hydrogen-bond donors (Lipinski definition) is 1. The van der Waals surface area contributed by atoms with Crippen molar-refractivity contribution < 1.29 is 14.4 Å². The van der Waals surface area contributed by atoms with Crippen molar-refractivity contribution >= 4 is 17.4 Å². The van der Waals surface area contributed by atoms with Gasteiger partial charge in [-0.15, -0.1) is 6.58 Å². The van der Waals surface area contributed by atoms with Crippen LogP contribution in [0, 0.1) is 0 Å². The minimum absolute atomic E-state index is 0.188. The maximum Gasteiger partial charge on any atom is 0.322 e. The molecule has 0 fully saturated rings. The second-order valence-electron chi connectivity index (χ2n) is 6.85. The molecule has 2 aromatic rings. The van der Waals surface area contributed by atoms with Gasteiger partial charge in [0.15, 0.2) is 6.10 Å². The molecule has 2 aromatic carbocycles. The van der Waals surface area contributed by atoms with Gasteiger partial charge in [-0.25, -0.2) is 4.79 Å². The number of urea groups is 1. The molecule has 0 unspecified atom stereocenters. The third-order valence-corrected chi connectivity index (χ3v) is 4.80. The number of oxime groups is 1. The number of hydrogen-bond acceptors (Lipinski definition) is 4. The Morgan fingerprint density at radius 3 is 2.93 bits per heavy atom. The molecular weight excluding hydrogens is 366 g/mol. The summed E-state index contributed by atoms with van der Waals surface area (Å²) < 4.78 is 5.41. The maximum absolute atomic E-state index is 12.8. The van der Waals surface area contributed by atoms with Crippen LogP contribution in [0.25, 0.3) is 0 Å². The Hall–Kier alpha value is -3.28. The molecule has 0 aliphatic carbocycles. The van der Waals surface area contributed by atoms with Gasteiger partial charge in [-0.2, -0.15) is 0 Å². The highest BCUT2D eigenvalue weighted by atomic mass is 16.6. The summed E-state index contributed by atoms with van der Waals surface area (Å²) in [5.41, 5.74) is 3.68. The van der Waals surface area contributed by atoms with Crippen LogP contribution in [0.1, 0.15) is 24.5 Å². The van der Waals surface area contributed by atoms with Gasteiger partial charge in [-0.3, -0.25) is 0 Å². The number of aryl methyl sites for hydroxylation is 1. The molecule has 6 nitrogen and oxygen atoms in total. The molecule has 1 aliphatic heterocycles. The molecule has 6 heteroatoms. The maximum atomic E-state index is 12.8. The molecule has 152 valence electrons. The van der Waals surface area contributed by atoms with Gasteiger partial charge in [-0.05, 0) is 36.2 Å². The molecule has 0 spiro atoms. The lowest BCUT2D eigenvalue weighted by atomic mass is 10.0. The molecule has 2 amide bonds. The number of ether oxygens (including phenoxy) is 1. The molecular formula is C23H27N3O3. The Bertz CT molecular complexity index is 894. The van der Waals surface area contributed by atoms with Crippen molar-refractivity contribution in [2.75, 3.05) is 25.5 Å². The Labute approximate surface area is 171 Å². The highest BCUT2D eigenvalue weighted by Gasteiger charge is 2.27. The lowest BCUT2D eigenvalue weighted by Gasteiger charge is -2.24. The quantitative estimate of drug-likeness (QED) is 0.673. The molecule has 0 saturated carbocycles. The molecule has 0 saturated heterocycles. The molecule has 1 heterocycles. The van der Waals surface area contributed by atoms with E-state index in [1.807, 2.05) is 48.5 Å². The van der Waals surface area contributed by atoms with Gasteiger partial charge in [0.1, 0.15) is 5.75 Å². The van der Waals surface area contributed by atoms with Crippen LogP contribution in [0.2, 0.25) is 0 Å². The van der Waals surface area contributed by atoms with Crippen LogP contribution in [0.15, 0.2) is 66.3 Å². The SMILES string of the molecule is C=CCN(C[C@H]1CC(c2ccccc2OC)=NO1)C(=O)Nc1cccc(CC)c1. The zero-order chi connectivity index (χ0) is 20.6. The molecule has 0 aromatic heterocycles. The van der Waals surface area contributed by atoms with E-state index in [4.69, 9.17) is 9.57 Å². The van der Waals surface area contributed by atoms with Crippen molar-refractivity contribution in [3.05, 3.63) is 72.3 Å². The van der Waals surface area contributed by atoms with Crippen LogP contribution < -0.4 is 10.1 Å². The van der Waals surface area contributed by atoms with E-state index in [9.17, 15) is 4.79 Å². The molecule has 0 bridgehead atoms. The Morgan fingerprint density at radius 2 is 2.17 bits per heavy atom. The fourth-order valence-corrected chi connectivity index (χ4v) is 3.28. The third kappa shape index (κ3) is 5.16. The number of benzene rings is 2. The third-order valence-electron chi connectivity index (χ3n) is 4.80. The van der Waals surface area contributed by atoms with E-state index >= 15 is 0 Å². The highest BCUT2D eigenvalue weighted by molar-refractivity contribution is 6.03. The standard InChI is InChI=1S/C23H27N3O3/c1-4-13-26(23(27)24-18-10-8-9-17(5-2)14-18)16-19-15-21(25-29-19)20-11-6-7-12-22(20)28-3/h4,6-12,14,19H,1,5,13,15-16H2,2-3H3,(H,24,27)/t19-/m1/s1. The molecule has 29 heavy (non-hydrogen) atoms. The largest absolute Gasteiger partial charge is 0.496 e. The minimum Gasteiger partial charge on any atom is -0.496 e. The van der Waals surface area contributed by atoms with Crippen LogP contribution in [0.3, 0.4) is 0 Å². The number of anilines is 1. The lowest BCUT2D eigenvalue weighted by Crippen LogP contribution is -2.40. The summed E-state index contributed by atoms with van der Waals surface area (Å²) in [4.78, 5) is 20.1. The topological polar surface area (TPSA) is 63.2 Å². The minimum atomic E-state index is -0.220. The Morgan fingerprint density at radius 1 is 1.34 bits per heavy atom. The number of rotatable bonds is 8. The molecule has 0 radical (unpaired) electrons. The summed E-state index contributed by atoms with van der Waals surface area (Å²) in [5.74, 6) is 0.756. The summed E-state index contributed by atoms with van der Waals surface area (Å²) in [5, 5.41) is 7.19. The van der Waals surface area contributed by atoms with Crippen LogP contribution in [-0.4, -0.2) is 42.9 Å². The summed E-state index contributed by atoms with van der Waals surface area (Å²) in [6, 6.07) is 15.4. The lowest BCUT2D eigenvalue weighted by molar-refractivity contribution is 0.0645. The van der Waals surface area contributed by atoms with Crippen molar-refractivity contribution in [1.82, 2.24) is 4.90 Å².